The first-order chi connectivity index (χ1) is 15.7. The zero-order valence-electron chi connectivity index (χ0n) is 21.6. The number of aromatic nitrogens is 1. The number of pyridine rings is 1. The highest BCUT2D eigenvalue weighted by Crippen LogP contribution is 2.51. The van der Waals surface area contributed by atoms with E-state index >= 15 is 0 Å². The summed E-state index contributed by atoms with van der Waals surface area (Å²) >= 11 is 0. The molecule has 0 bridgehead atoms. The smallest absolute Gasteiger partial charge is 0.351 e. The van der Waals surface area contributed by atoms with E-state index in [1.54, 1.807) is 24.5 Å². The molecule has 1 aliphatic heterocycles. The van der Waals surface area contributed by atoms with Gasteiger partial charge in [-0.15, -0.1) is 0 Å². The Bertz CT molecular complexity index is 1130. The fourth-order valence-electron chi connectivity index (χ4n) is 4.95. The van der Waals surface area contributed by atoms with Crippen molar-refractivity contribution in [2.75, 3.05) is 0 Å². The Morgan fingerprint density at radius 2 is 1.91 bits per heavy atom. The lowest BCUT2D eigenvalue weighted by Crippen LogP contribution is -2.64. The van der Waals surface area contributed by atoms with Gasteiger partial charge in [-0.3, -0.25) is 9.78 Å². The molecule has 0 radical (unpaired) electrons. The Morgan fingerprint density at radius 1 is 1.21 bits per heavy atom. The highest BCUT2D eigenvalue weighted by molar-refractivity contribution is 6.74. The number of rotatable bonds is 4. The van der Waals surface area contributed by atoms with Crippen molar-refractivity contribution >= 4 is 14.1 Å². The number of ether oxygens (including phenoxy) is 1. The molecule has 0 aromatic carbocycles. The Kier molecular flexibility index (Phi) is 6.18. The fraction of sp³-hybridized carbons (Fsp3) is 0.593. The molecule has 0 saturated heterocycles. The Hall–Kier alpha value is -2.25. The third kappa shape index (κ3) is 4.17. The van der Waals surface area contributed by atoms with E-state index in [2.05, 4.69) is 52.7 Å². The highest BCUT2D eigenvalue weighted by atomic mass is 28.4. The number of Topliss-reactive ketones (excluding diaryl/α,β-unsaturated/α-hetero) is 1. The number of carbonyl (C=O) groups excluding carboxylic acids is 1. The minimum Gasteiger partial charge on any atom is -0.483 e. The van der Waals surface area contributed by atoms with Crippen LogP contribution in [0.2, 0.25) is 18.1 Å². The average molecular weight is 484 g/mol. The predicted molar refractivity (Wildman–Crippen MR) is 135 cm³/mol. The standard InChI is InChI=1S/C27H37NO5Si/c1-16(2)18-12-19-24(29)23-21(14-20(31-25(23)30)17-10-9-11-28-15-17)32-27(19,6)22(13-18)33-34(7,8)26(3,4)5/h9-11,14-16,18-19,22H,12-13H2,1-8H3/t18-,19-,22-,27-/m0/s1. The molecule has 4 rings (SSSR count). The number of nitrogens with zero attached hydrogens (tertiary/aromatic N) is 1. The van der Waals surface area contributed by atoms with Gasteiger partial charge in [-0.25, -0.2) is 4.79 Å². The van der Waals surface area contributed by atoms with E-state index in [9.17, 15) is 9.59 Å². The maximum absolute atomic E-state index is 13.8. The molecule has 184 valence electrons. The molecule has 1 fully saturated rings. The van der Waals surface area contributed by atoms with Crippen molar-refractivity contribution in [1.29, 1.82) is 0 Å². The molecule has 0 unspecified atom stereocenters. The van der Waals surface area contributed by atoms with Crippen LogP contribution < -0.4 is 10.4 Å². The summed E-state index contributed by atoms with van der Waals surface area (Å²) in [4.78, 5) is 30.9. The second kappa shape index (κ2) is 8.45. The molecule has 3 heterocycles. The maximum atomic E-state index is 13.8. The van der Waals surface area contributed by atoms with Gasteiger partial charge in [0, 0.05) is 24.0 Å². The second-order valence-electron chi connectivity index (χ2n) is 11.9. The van der Waals surface area contributed by atoms with Gasteiger partial charge in [-0.2, -0.15) is 0 Å². The van der Waals surface area contributed by atoms with Crippen LogP contribution in [-0.2, 0) is 4.43 Å². The van der Waals surface area contributed by atoms with Gasteiger partial charge >= 0.3 is 5.63 Å². The van der Waals surface area contributed by atoms with E-state index < -0.39 is 25.5 Å². The van der Waals surface area contributed by atoms with Crippen molar-refractivity contribution in [2.45, 2.75) is 84.2 Å². The third-order valence-corrected chi connectivity index (χ3v) is 12.8. The van der Waals surface area contributed by atoms with Gasteiger partial charge in [-0.05, 0) is 61.9 Å². The van der Waals surface area contributed by atoms with E-state index in [1.165, 1.54) is 0 Å². The first-order valence-corrected chi connectivity index (χ1v) is 15.1. The molecule has 34 heavy (non-hydrogen) atoms. The molecule has 2 aliphatic rings. The number of carbonyl (C=O) groups is 1. The number of hydrogen-bond acceptors (Lipinski definition) is 6. The molecule has 0 amide bonds. The van der Waals surface area contributed by atoms with Crippen molar-refractivity contribution in [3.8, 4) is 17.1 Å². The average Bonchev–Trinajstić information content (AvgIpc) is 2.73. The van der Waals surface area contributed by atoms with E-state index in [-0.39, 0.29) is 28.2 Å². The summed E-state index contributed by atoms with van der Waals surface area (Å²) in [6.45, 7) is 17.5. The van der Waals surface area contributed by atoms with Gasteiger partial charge in [0.25, 0.3) is 0 Å². The third-order valence-electron chi connectivity index (χ3n) is 8.33. The first kappa shape index (κ1) is 24.9. The second-order valence-corrected chi connectivity index (χ2v) is 16.7. The quantitative estimate of drug-likeness (QED) is 0.488. The molecule has 4 atom stereocenters. The van der Waals surface area contributed by atoms with Crippen LogP contribution in [0.1, 0.15) is 64.7 Å². The Morgan fingerprint density at radius 3 is 2.50 bits per heavy atom. The minimum absolute atomic E-state index is 0.0191. The van der Waals surface area contributed by atoms with Gasteiger partial charge < -0.3 is 13.6 Å². The van der Waals surface area contributed by atoms with Crippen LogP contribution in [0.25, 0.3) is 11.3 Å². The van der Waals surface area contributed by atoms with Crippen molar-refractivity contribution in [1.82, 2.24) is 4.98 Å². The lowest BCUT2D eigenvalue weighted by Gasteiger charge is -2.54. The lowest BCUT2D eigenvalue weighted by molar-refractivity contribution is -0.111. The summed E-state index contributed by atoms with van der Waals surface area (Å²) < 4.78 is 19.1. The number of ketones is 1. The van der Waals surface area contributed by atoms with E-state index in [0.29, 0.717) is 29.6 Å². The van der Waals surface area contributed by atoms with E-state index in [4.69, 9.17) is 13.6 Å². The van der Waals surface area contributed by atoms with Crippen molar-refractivity contribution in [2.24, 2.45) is 17.8 Å². The van der Waals surface area contributed by atoms with Gasteiger partial charge in [0.2, 0.25) is 0 Å². The summed E-state index contributed by atoms with van der Waals surface area (Å²) in [5.74, 6) is 0.680. The summed E-state index contributed by atoms with van der Waals surface area (Å²) in [6.07, 6.45) is 4.54. The van der Waals surface area contributed by atoms with Crippen LogP contribution in [0, 0.1) is 17.8 Å². The van der Waals surface area contributed by atoms with Crippen molar-refractivity contribution in [3.05, 3.63) is 46.6 Å². The number of hydrogen-bond donors (Lipinski definition) is 0. The topological polar surface area (TPSA) is 78.6 Å². The highest BCUT2D eigenvalue weighted by Gasteiger charge is 2.58. The monoisotopic (exact) mass is 483 g/mol. The maximum Gasteiger partial charge on any atom is 0.351 e. The zero-order chi connectivity index (χ0) is 25.1. The fourth-order valence-corrected chi connectivity index (χ4v) is 6.34. The lowest BCUT2D eigenvalue weighted by atomic mass is 9.64. The summed E-state index contributed by atoms with van der Waals surface area (Å²) in [5.41, 5.74) is -0.837. The zero-order valence-corrected chi connectivity index (χ0v) is 22.6. The molecular formula is C27H37NO5Si. The van der Waals surface area contributed by atoms with E-state index in [0.717, 1.165) is 6.42 Å². The summed E-state index contributed by atoms with van der Waals surface area (Å²) in [6, 6.07) is 5.24. The Labute approximate surface area is 203 Å². The van der Waals surface area contributed by atoms with Gasteiger partial charge in [-0.1, -0.05) is 34.6 Å². The molecule has 0 N–H and O–H groups in total. The molecule has 1 saturated carbocycles. The van der Waals surface area contributed by atoms with Crippen molar-refractivity contribution in [3.63, 3.8) is 0 Å². The van der Waals surface area contributed by atoms with Crippen LogP contribution in [0.15, 0.2) is 39.8 Å². The largest absolute Gasteiger partial charge is 0.483 e. The molecule has 2 aromatic rings. The molecule has 7 heteroatoms. The van der Waals surface area contributed by atoms with Gasteiger partial charge in [0.15, 0.2) is 14.1 Å². The van der Waals surface area contributed by atoms with E-state index in [1.807, 2.05) is 13.0 Å². The summed E-state index contributed by atoms with van der Waals surface area (Å²) in [7, 11) is -2.15. The molecule has 2 aromatic heterocycles. The first-order valence-electron chi connectivity index (χ1n) is 12.2. The van der Waals surface area contributed by atoms with Crippen LogP contribution in [-0.4, -0.2) is 30.8 Å². The van der Waals surface area contributed by atoms with Gasteiger partial charge in [0.05, 0.1) is 12.0 Å². The van der Waals surface area contributed by atoms with Crippen LogP contribution >= 0.6 is 0 Å². The molecular weight excluding hydrogens is 446 g/mol. The molecule has 6 nitrogen and oxygen atoms in total. The summed E-state index contributed by atoms with van der Waals surface area (Å²) in [5, 5.41) is 0.0226. The van der Waals surface area contributed by atoms with Gasteiger partial charge in [0.1, 0.15) is 22.7 Å². The van der Waals surface area contributed by atoms with Crippen LogP contribution in [0.3, 0.4) is 0 Å². The normalized spacial score (nSPS) is 27.2. The minimum atomic E-state index is -2.15. The molecule has 1 aliphatic carbocycles. The number of fused-ring (bicyclic) bond motifs is 2. The Balaban J connectivity index is 1.81. The SMILES string of the molecule is CC(C)[C@@H]1C[C@H](O[Si](C)(C)C(C)(C)C)[C@@]2(C)Oc3cc(-c4cccnc4)oc(=O)c3C(=O)[C@@H]2C1. The molecule has 0 spiro atoms. The predicted octanol–water partition coefficient (Wildman–Crippen LogP) is 6.11. The van der Waals surface area contributed by atoms with Crippen LogP contribution in [0.5, 0.6) is 5.75 Å². The van der Waals surface area contributed by atoms with Crippen molar-refractivity contribution < 1.29 is 18.4 Å². The van der Waals surface area contributed by atoms with Crippen LogP contribution in [0.4, 0.5) is 0 Å².